The minimum Gasteiger partial charge on any atom is -0.489 e. The summed E-state index contributed by atoms with van der Waals surface area (Å²) in [5.41, 5.74) is 4.72. The van der Waals surface area contributed by atoms with Crippen LogP contribution in [0, 0.1) is 0 Å². The summed E-state index contributed by atoms with van der Waals surface area (Å²) in [6.45, 7) is -0.0908. The minimum absolute atomic E-state index is 0.0908. The van der Waals surface area contributed by atoms with Crippen molar-refractivity contribution in [2.45, 2.75) is 6.10 Å². The molecule has 0 atom stereocenters. The first-order valence-electron chi connectivity index (χ1n) is 9.69. The highest BCUT2D eigenvalue weighted by atomic mass is 32.2. The van der Waals surface area contributed by atoms with Gasteiger partial charge in [-0.15, -0.1) is 0 Å². The molecule has 0 bridgehead atoms. The van der Waals surface area contributed by atoms with Gasteiger partial charge in [0.05, 0.1) is 11.9 Å². The lowest BCUT2D eigenvalue weighted by Gasteiger charge is -2.25. The van der Waals surface area contributed by atoms with Crippen LogP contribution < -0.4 is 15.1 Å². The summed E-state index contributed by atoms with van der Waals surface area (Å²) < 4.78 is 5.86. The van der Waals surface area contributed by atoms with Crippen molar-refractivity contribution < 1.29 is 14.3 Å². The molecule has 7 heteroatoms. The Balaban J connectivity index is 1.23. The molecule has 0 saturated carbocycles. The first kappa shape index (κ1) is 18.7. The molecule has 6 nitrogen and oxygen atoms in total. The number of hydrogen-bond acceptors (Lipinski definition) is 5. The number of amides is 2. The van der Waals surface area contributed by atoms with Gasteiger partial charge in [-0.2, -0.15) is 16.9 Å². The molecular weight excluding hydrogens is 398 g/mol. The average molecular weight is 417 g/mol. The van der Waals surface area contributed by atoms with Gasteiger partial charge in [-0.25, -0.2) is 5.43 Å². The molecule has 30 heavy (non-hydrogen) atoms. The molecule has 0 aliphatic carbocycles. The Morgan fingerprint density at radius 3 is 2.77 bits per heavy atom. The smallest absolute Gasteiger partial charge is 0.260 e. The second-order valence-electron chi connectivity index (χ2n) is 7.22. The third-order valence-corrected chi connectivity index (χ3v) is 6.34. The Morgan fingerprint density at radius 2 is 1.97 bits per heavy atom. The SMILES string of the molecule is O=C(CN1C(=O)c2cccc3cccc1c23)N/N=C/c1cccc(OC2CSC2)c1. The highest BCUT2D eigenvalue weighted by molar-refractivity contribution is 8.00. The van der Waals surface area contributed by atoms with Gasteiger partial charge in [-0.05, 0) is 35.2 Å². The third kappa shape index (κ3) is 3.52. The number of ether oxygens (including phenoxy) is 1. The number of carbonyl (C=O) groups excluding carboxylic acids is 2. The highest BCUT2D eigenvalue weighted by Gasteiger charge is 2.30. The Hall–Kier alpha value is -3.32. The quantitative estimate of drug-likeness (QED) is 0.493. The Labute approximate surface area is 177 Å². The lowest BCUT2D eigenvalue weighted by molar-refractivity contribution is -0.119. The van der Waals surface area contributed by atoms with Gasteiger partial charge >= 0.3 is 0 Å². The van der Waals surface area contributed by atoms with Gasteiger partial charge in [-0.3, -0.25) is 14.5 Å². The number of thioether (sulfide) groups is 1. The van der Waals surface area contributed by atoms with E-state index in [1.165, 1.54) is 4.90 Å². The number of hydrazone groups is 1. The predicted octanol–water partition coefficient (Wildman–Crippen LogP) is 3.44. The minimum atomic E-state index is -0.358. The van der Waals surface area contributed by atoms with E-state index < -0.39 is 0 Å². The second kappa shape index (κ2) is 7.84. The first-order valence-corrected chi connectivity index (χ1v) is 10.8. The Morgan fingerprint density at radius 1 is 1.17 bits per heavy atom. The van der Waals surface area contributed by atoms with Gasteiger partial charge in [0.1, 0.15) is 18.4 Å². The lowest BCUT2D eigenvalue weighted by Crippen LogP contribution is -2.37. The average Bonchev–Trinajstić information content (AvgIpc) is 2.99. The van der Waals surface area contributed by atoms with Crippen molar-refractivity contribution in [3.8, 4) is 5.75 Å². The van der Waals surface area contributed by atoms with Crippen molar-refractivity contribution in [1.82, 2.24) is 5.43 Å². The van der Waals surface area contributed by atoms with Gasteiger partial charge in [-0.1, -0.05) is 36.4 Å². The zero-order chi connectivity index (χ0) is 20.5. The van der Waals surface area contributed by atoms with Crippen LogP contribution in [-0.2, 0) is 4.79 Å². The zero-order valence-electron chi connectivity index (χ0n) is 16.1. The maximum absolute atomic E-state index is 12.8. The molecule has 1 saturated heterocycles. The second-order valence-corrected chi connectivity index (χ2v) is 8.29. The van der Waals surface area contributed by atoms with Crippen LogP contribution in [0.15, 0.2) is 65.8 Å². The van der Waals surface area contributed by atoms with Gasteiger partial charge in [0.15, 0.2) is 0 Å². The molecule has 2 amide bonds. The molecule has 1 N–H and O–H groups in total. The first-order chi connectivity index (χ1) is 14.7. The zero-order valence-corrected chi connectivity index (χ0v) is 16.9. The van der Waals surface area contributed by atoms with Crippen LogP contribution in [0.25, 0.3) is 10.8 Å². The molecule has 3 aromatic rings. The molecule has 2 aliphatic heterocycles. The fraction of sp³-hybridized carbons (Fsp3) is 0.174. The fourth-order valence-electron chi connectivity index (χ4n) is 3.64. The van der Waals surface area contributed by atoms with Gasteiger partial charge in [0.25, 0.3) is 11.8 Å². The standard InChI is InChI=1S/C23H19N3O3S/c27-21(25-24-11-15-4-1-7-17(10-15)29-18-13-30-14-18)12-26-20-9-3-6-16-5-2-8-19(22(16)20)23(26)28/h1-11,18H,12-14H2,(H,25,27)/b24-11+. The molecule has 2 heterocycles. The van der Waals surface area contributed by atoms with Crippen LogP contribution in [0.3, 0.4) is 0 Å². The normalized spacial score (nSPS) is 15.6. The van der Waals surface area contributed by atoms with Crippen molar-refractivity contribution in [2.75, 3.05) is 23.0 Å². The van der Waals surface area contributed by atoms with E-state index in [0.29, 0.717) is 5.56 Å². The van der Waals surface area contributed by atoms with Crippen LogP contribution in [0.5, 0.6) is 5.75 Å². The van der Waals surface area contributed by atoms with Gasteiger partial charge in [0, 0.05) is 22.5 Å². The molecule has 0 radical (unpaired) electrons. The van der Waals surface area contributed by atoms with Gasteiger partial charge < -0.3 is 4.74 Å². The van der Waals surface area contributed by atoms with E-state index in [4.69, 9.17) is 4.74 Å². The number of benzene rings is 3. The van der Waals surface area contributed by atoms with Crippen LogP contribution in [-0.4, -0.2) is 42.2 Å². The molecule has 0 spiro atoms. The molecule has 0 aromatic heterocycles. The molecule has 2 aliphatic rings. The summed E-state index contributed by atoms with van der Waals surface area (Å²) in [6, 6.07) is 18.9. The summed E-state index contributed by atoms with van der Waals surface area (Å²) in [4.78, 5) is 26.7. The summed E-state index contributed by atoms with van der Waals surface area (Å²) in [5.74, 6) is 2.30. The van der Waals surface area contributed by atoms with E-state index in [9.17, 15) is 9.59 Å². The van der Waals surface area contributed by atoms with E-state index in [0.717, 1.165) is 39.3 Å². The Kier molecular flexibility index (Phi) is 4.88. The number of rotatable bonds is 6. The highest BCUT2D eigenvalue weighted by Crippen LogP contribution is 2.36. The topological polar surface area (TPSA) is 71.0 Å². The molecule has 150 valence electrons. The molecule has 5 rings (SSSR count). The fourth-order valence-corrected chi connectivity index (χ4v) is 4.20. The van der Waals surface area contributed by atoms with Crippen molar-refractivity contribution in [3.05, 3.63) is 71.8 Å². The van der Waals surface area contributed by atoms with Crippen molar-refractivity contribution >= 4 is 46.3 Å². The van der Waals surface area contributed by atoms with Crippen molar-refractivity contribution in [3.63, 3.8) is 0 Å². The molecule has 0 unspecified atom stereocenters. The van der Waals surface area contributed by atoms with E-state index in [1.807, 2.05) is 66.4 Å². The largest absolute Gasteiger partial charge is 0.489 e. The molecular formula is C23H19N3O3S. The van der Waals surface area contributed by atoms with Crippen molar-refractivity contribution in [2.24, 2.45) is 5.10 Å². The number of nitrogens with one attached hydrogen (secondary N) is 1. The summed E-state index contributed by atoms with van der Waals surface area (Å²) in [6.07, 6.45) is 1.84. The monoisotopic (exact) mass is 417 g/mol. The van der Waals surface area contributed by atoms with Crippen LogP contribution in [0.2, 0.25) is 0 Å². The number of anilines is 1. The van der Waals surface area contributed by atoms with Crippen LogP contribution >= 0.6 is 11.8 Å². The maximum atomic E-state index is 12.8. The lowest BCUT2D eigenvalue weighted by atomic mass is 10.1. The Bertz CT molecular complexity index is 1170. The van der Waals surface area contributed by atoms with Gasteiger partial charge in [0.2, 0.25) is 0 Å². The van der Waals surface area contributed by atoms with E-state index in [1.54, 1.807) is 12.3 Å². The predicted molar refractivity (Wildman–Crippen MR) is 120 cm³/mol. The number of carbonyl (C=O) groups is 2. The maximum Gasteiger partial charge on any atom is 0.260 e. The number of hydrogen-bond donors (Lipinski definition) is 1. The molecule has 1 fully saturated rings. The van der Waals surface area contributed by atoms with Crippen LogP contribution in [0.4, 0.5) is 5.69 Å². The van der Waals surface area contributed by atoms with E-state index >= 15 is 0 Å². The number of nitrogens with zero attached hydrogens (tertiary/aromatic N) is 2. The summed E-state index contributed by atoms with van der Waals surface area (Å²) >= 11 is 1.87. The van der Waals surface area contributed by atoms with Crippen LogP contribution in [0.1, 0.15) is 15.9 Å². The summed E-state index contributed by atoms with van der Waals surface area (Å²) in [7, 11) is 0. The van der Waals surface area contributed by atoms with Crippen molar-refractivity contribution in [1.29, 1.82) is 0 Å². The third-order valence-electron chi connectivity index (χ3n) is 5.12. The summed E-state index contributed by atoms with van der Waals surface area (Å²) in [5, 5.41) is 5.92. The molecule has 3 aromatic carbocycles. The van der Waals surface area contributed by atoms with E-state index in [2.05, 4.69) is 10.5 Å². The van der Waals surface area contributed by atoms with E-state index in [-0.39, 0.29) is 24.5 Å².